The Morgan fingerprint density at radius 2 is 1.86 bits per heavy atom. The van der Waals surface area contributed by atoms with Crippen molar-refractivity contribution in [2.75, 3.05) is 56.6 Å². The van der Waals surface area contributed by atoms with Gasteiger partial charge in [-0.1, -0.05) is 5.16 Å². The summed E-state index contributed by atoms with van der Waals surface area (Å²) in [5.74, 6) is 0.241. The number of nitrogens with one attached hydrogen (secondary N) is 2. The topological polar surface area (TPSA) is 99.9 Å². The lowest BCUT2D eigenvalue weighted by Gasteiger charge is -2.36. The van der Waals surface area contributed by atoms with Gasteiger partial charge in [0.2, 0.25) is 0 Å². The van der Waals surface area contributed by atoms with Crippen LogP contribution in [-0.4, -0.2) is 68.2 Å². The van der Waals surface area contributed by atoms with Gasteiger partial charge in [0, 0.05) is 44.5 Å². The molecule has 2 aromatic rings. The summed E-state index contributed by atoms with van der Waals surface area (Å²) in [5.41, 5.74) is 1.20. The van der Waals surface area contributed by atoms with Gasteiger partial charge in [0.25, 0.3) is 0 Å². The Kier molecular flexibility index (Phi) is 7.07. The molecule has 1 aliphatic rings. The molecule has 0 radical (unpaired) electrons. The van der Waals surface area contributed by atoms with E-state index in [2.05, 4.69) is 37.7 Å². The Bertz CT molecular complexity index is 813. The minimum atomic E-state index is -0.744. The van der Waals surface area contributed by atoms with Gasteiger partial charge in [0.05, 0.1) is 7.11 Å². The number of carbonyl (C=O) groups is 2. The normalized spacial score (nSPS) is 14.5. The molecule has 1 aromatic carbocycles. The number of aromatic nitrogens is 1. The van der Waals surface area contributed by atoms with Gasteiger partial charge < -0.3 is 19.5 Å². The summed E-state index contributed by atoms with van der Waals surface area (Å²) in [6, 6.07) is 9.66. The van der Waals surface area contributed by atoms with Crippen molar-refractivity contribution in [1.29, 1.82) is 0 Å². The number of piperazine rings is 1. The minimum absolute atomic E-state index is 0.234. The lowest BCUT2D eigenvalue weighted by Crippen LogP contribution is -2.47. The maximum atomic E-state index is 11.8. The number of rotatable bonds is 7. The molecule has 2 heterocycles. The van der Waals surface area contributed by atoms with Gasteiger partial charge in [0.1, 0.15) is 11.5 Å². The van der Waals surface area contributed by atoms with Crippen molar-refractivity contribution in [3.63, 3.8) is 0 Å². The largest absolute Gasteiger partial charge is 0.497 e. The maximum Gasteiger partial charge on any atom is 0.314 e. The van der Waals surface area contributed by atoms with E-state index in [9.17, 15) is 9.59 Å². The number of anilines is 2. The molecule has 9 heteroatoms. The molecule has 0 spiro atoms. The zero-order valence-corrected chi connectivity index (χ0v) is 16.8. The summed E-state index contributed by atoms with van der Waals surface area (Å²) >= 11 is 0. The minimum Gasteiger partial charge on any atom is -0.497 e. The summed E-state index contributed by atoms with van der Waals surface area (Å²) < 4.78 is 10.0. The van der Waals surface area contributed by atoms with E-state index in [4.69, 9.17) is 9.26 Å². The van der Waals surface area contributed by atoms with E-state index in [1.807, 2.05) is 12.1 Å². The van der Waals surface area contributed by atoms with Crippen LogP contribution in [0.3, 0.4) is 0 Å². The molecule has 1 fully saturated rings. The van der Waals surface area contributed by atoms with E-state index in [0.717, 1.165) is 44.9 Å². The van der Waals surface area contributed by atoms with Crippen molar-refractivity contribution >= 4 is 23.3 Å². The quantitative estimate of drug-likeness (QED) is 0.532. The van der Waals surface area contributed by atoms with E-state index < -0.39 is 11.8 Å². The van der Waals surface area contributed by atoms with Crippen LogP contribution in [0.4, 0.5) is 11.5 Å². The van der Waals surface area contributed by atoms with E-state index in [1.165, 1.54) is 5.69 Å². The average molecular weight is 401 g/mol. The number of ether oxygens (including phenoxy) is 1. The summed E-state index contributed by atoms with van der Waals surface area (Å²) in [6.45, 7) is 6.87. The fourth-order valence-corrected chi connectivity index (χ4v) is 3.21. The molecule has 0 saturated carbocycles. The standard InChI is InChI=1S/C20H27N5O4/c1-15-14-18(23-29-15)22-20(27)19(26)21-8-3-9-24-10-12-25(13-11-24)16-4-6-17(28-2)7-5-16/h4-7,14H,3,8-13H2,1-2H3,(H,21,26)(H,22,23,27). The molecular formula is C20H27N5O4. The molecule has 9 nitrogen and oxygen atoms in total. The van der Waals surface area contributed by atoms with Gasteiger partial charge in [-0.25, -0.2) is 0 Å². The number of hydrogen-bond donors (Lipinski definition) is 2. The monoisotopic (exact) mass is 401 g/mol. The van der Waals surface area contributed by atoms with Crippen LogP contribution in [0.15, 0.2) is 34.9 Å². The summed E-state index contributed by atoms with van der Waals surface area (Å²) in [4.78, 5) is 28.4. The highest BCUT2D eigenvalue weighted by Crippen LogP contribution is 2.20. The molecule has 29 heavy (non-hydrogen) atoms. The second-order valence-electron chi connectivity index (χ2n) is 6.91. The Labute approximate surface area is 170 Å². The van der Waals surface area contributed by atoms with Gasteiger partial charge >= 0.3 is 11.8 Å². The Morgan fingerprint density at radius 3 is 2.48 bits per heavy atom. The van der Waals surface area contributed by atoms with Crippen LogP contribution in [0.25, 0.3) is 0 Å². The van der Waals surface area contributed by atoms with Crippen molar-refractivity contribution in [3.8, 4) is 5.75 Å². The second-order valence-corrected chi connectivity index (χ2v) is 6.91. The zero-order valence-electron chi connectivity index (χ0n) is 16.8. The van der Waals surface area contributed by atoms with Crippen LogP contribution in [0.2, 0.25) is 0 Å². The molecule has 1 aliphatic heterocycles. The highest BCUT2D eigenvalue weighted by Gasteiger charge is 2.18. The highest BCUT2D eigenvalue weighted by molar-refractivity contribution is 6.39. The fraction of sp³-hybridized carbons (Fsp3) is 0.450. The van der Waals surface area contributed by atoms with E-state index in [1.54, 1.807) is 20.1 Å². The average Bonchev–Trinajstić information content (AvgIpc) is 3.16. The summed E-state index contributed by atoms with van der Waals surface area (Å²) in [5, 5.41) is 8.67. The maximum absolute atomic E-state index is 11.8. The highest BCUT2D eigenvalue weighted by atomic mass is 16.5. The molecule has 3 rings (SSSR count). The van der Waals surface area contributed by atoms with Crippen molar-refractivity contribution in [3.05, 3.63) is 36.1 Å². The molecular weight excluding hydrogens is 374 g/mol. The lowest BCUT2D eigenvalue weighted by molar-refractivity contribution is -0.136. The third kappa shape index (κ3) is 5.95. The van der Waals surface area contributed by atoms with Gasteiger partial charge in [-0.2, -0.15) is 0 Å². The fourth-order valence-electron chi connectivity index (χ4n) is 3.21. The van der Waals surface area contributed by atoms with E-state index in [0.29, 0.717) is 12.3 Å². The third-order valence-electron chi connectivity index (χ3n) is 4.82. The number of hydrogen-bond acceptors (Lipinski definition) is 7. The molecule has 0 unspecified atom stereocenters. The molecule has 1 saturated heterocycles. The SMILES string of the molecule is COc1ccc(N2CCN(CCCNC(=O)C(=O)Nc3cc(C)on3)CC2)cc1. The van der Waals surface area contributed by atoms with Crippen molar-refractivity contribution < 1.29 is 18.8 Å². The van der Waals surface area contributed by atoms with Gasteiger partial charge in [-0.05, 0) is 44.2 Å². The van der Waals surface area contributed by atoms with Crippen molar-refractivity contribution in [2.45, 2.75) is 13.3 Å². The summed E-state index contributed by atoms with van der Waals surface area (Å²) in [7, 11) is 1.67. The molecule has 1 aromatic heterocycles. The first-order valence-electron chi connectivity index (χ1n) is 9.69. The van der Waals surface area contributed by atoms with Crippen LogP contribution in [0, 0.1) is 6.92 Å². The predicted octanol–water partition coefficient (Wildman–Crippen LogP) is 1.26. The van der Waals surface area contributed by atoms with Gasteiger partial charge in [-0.15, -0.1) is 0 Å². The van der Waals surface area contributed by atoms with Gasteiger partial charge in [0.15, 0.2) is 5.82 Å². The Hall–Kier alpha value is -3.07. The zero-order chi connectivity index (χ0) is 20.6. The van der Waals surface area contributed by atoms with Crippen LogP contribution in [0.5, 0.6) is 5.75 Å². The molecule has 156 valence electrons. The first-order valence-corrected chi connectivity index (χ1v) is 9.69. The second kappa shape index (κ2) is 9.92. The number of carbonyl (C=O) groups excluding carboxylic acids is 2. The van der Waals surface area contributed by atoms with Crippen molar-refractivity contribution in [1.82, 2.24) is 15.4 Å². The number of benzene rings is 1. The Balaban J connectivity index is 1.31. The number of aryl methyl sites for hydroxylation is 1. The van der Waals surface area contributed by atoms with E-state index >= 15 is 0 Å². The third-order valence-corrected chi connectivity index (χ3v) is 4.82. The number of methoxy groups -OCH3 is 1. The van der Waals surface area contributed by atoms with Crippen LogP contribution < -0.4 is 20.3 Å². The van der Waals surface area contributed by atoms with Crippen LogP contribution in [-0.2, 0) is 9.59 Å². The first-order chi connectivity index (χ1) is 14.0. The van der Waals surface area contributed by atoms with Crippen LogP contribution >= 0.6 is 0 Å². The molecule has 0 aliphatic carbocycles. The number of nitrogens with zero attached hydrogens (tertiary/aromatic N) is 3. The smallest absolute Gasteiger partial charge is 0.314 e. The first kappa shape index (κ1) is 20.7. The van der Waals surface area contributed by atoms with E-state index in [-0.39, 0.29) is 5.82 Å². The molecule has 2 N–H and O–H groups in total. The van der Waals surface area contributed by atoms with Gasteiger partial charge in [-0.3, -0.25) is 19.8 Å². The predicted molar refractivity (Wildman–Crippen MR) is 109 cm³/mol. The Morgan fingerprint density at radius 1 is 1.14 bits per heavy atom. The number of amides is 2. The molecule has 2 amide bonds. The lowest BCUT2D eigenvalue weighted by atomic mass is 10.2. The summed E-state index contributed by atoms with van der Waals surface area (Å²) in [6.07, 6.45) is 0.782. The molecule has 0 atom stereocenters. The molecule has 0 bridgehead atoms. The van der Waals surface area contributed by atoms with Crippen molar-refractivity contribution in [2.24, 2.45) is 0 Å². The van der Waals surface area contributed by atoms with Crippen LogP contribution in [0.1, 0.15) is 12.2 Å².